The van der Waals surface area contributed by atoms with E-state index in [0.29, 0.717) is 24.0 Å². The van der Waals surface area contributed by atoms with Crippen LogP contribution in [-0.4, -0.2) is 62.5 Å². The SMILES string of the molecule is CCCCCC(=O)c1ccc(O)c2c1CC(CC(CCO)[C@](O)(CO)C(=O)CC(N)=O)CC2=O. The third-order valence-electron chi connectivity index (χ3n) is 6.67. The molecule has 0 fully saturated rings. The van der Waals surface area contributed by atoms with Gasteiger partial charge in [-0.25, -0.2) is 0 Å². The van der Waals surface area contributed by atoms with E-state index in [0.717, 1.165) is 12.8 Å². The summed E-state index contributed by atoms with van der Waals surface area (Å²) in [5.41, 5.74) is 3.72. The van der Waals surface area contributed by atoms with Gasteiger partial charge in [-0.05, 0) is 55.2 Å². The minimum Gasteiger partial charge on any atom is -0.507 e. The minimum atomic E-state index is -2.31. The van der Waals surface area contributed by atoms with Crippen molar-refractivity contribution in [3.63, 3.8) is 0 Å². The molecule has 3 atom stereocenters. The zero-order valence-corrected chi connectivity index (χ0v) is 19.6. The average molecular weight is 478 g/mol. The molecule has 1 aliphatic rings. The number of aliphatic hydroxyl groups excluding tert-OH is 2. The maximum absolute atomic E-state index is 12.9. The summed E-state index contributed by atoms with van der Waals surface area (Å²) in [6.07, 6.45) is 2.39. The number of phenols is 1. The number of carbonyl (C=O) groups excluding carboxylic acids is 4. The van der Waals surface area contributed by atoms with E-state index in [1.165, 1.54) is 12.1 Å². The largest absolute Gasteiger partial charge is 0.507 e. The lowest BCUT2D eigenvalue weighted by atomic mass is 9.71. The first-order valence-electron chi connectivity index (χ1n) is 11.8. The topological polar surface area (TPSA) is 175 Å². The lowest BCUT2D eigenvalue weighted by Crippen LogP contribution is -2.51. The monoisotopic (exact) mass is 477 g/mol. The summed E-state index contributed by atoms with van der Waals surface area (Å²) in [4.78, 5) is 49.5. The van der Waals surface area contributed by atoms with Crippen LogP contribution in [0, 0.1) is 11.8 Å². The normalized spacial score (nSPS) is 18.1. The number of ketones is 3. The number of rotatable bonds is 14. The number of aromatic hydroxyl groups is 1. The number of nitrogens with two attached hydrogens (primary N) is 1. The second-order valence-corrected chi connectivity index (χ2v) is 9.16. The average Bonchev–Trinajstić information content (AvgIpc) is 2.77. The van der Waals surface area contributed by atoms with Crippen LogP contribution in [-0.2, 0) is 16.0 Å². The van der Waals surface area contributed by atoms with Crippen LogP contribution in [0.25, 0.3) is 0 Å². The van der Waals surface area contributed by atoms with Crippen LogP contribution in [0.3, 0.4) is 0 Å². The van der Waals surface area contributed by atoms with Gasteiger partial charge in [0.05, 0.1) is 18.6 Å². The Morgan fingerprint density at radius 1 is 1.18 bits per heavy atom. The number of phenolic OH excluding ortho intramolecular Hbond substituents is 1. The van der Waals surface area contributed by atoms with E-state index in [2.05, 4.69) is 0 Å². The van der Waals surface area contributed by atoms with Crippen molar-refractivity contribution in [1.29, 1.82) is 0 Å². The van der Waals surface area contributed by atoms with Crippen LogP contribution in [0.2, 0.25) is 0 Å². The Bertz CT molecular complexity index is 928. The molecule has 2 unspecified atom stereocenters. The second-order valence-electron chi connectivity index (χ2n) is 9.16. The smallest absolute Gasteiger partial charge is 0.224 e. The van der Waals surface area contributed by atoms with Gasteiger partial charge in [0.15, 0.2) is 17.3 Å². The van der Waals surface area contributed by atoms with Gasteiger partial charge >= 0.3 is 0 Å². The van der Waals surface area contributed by atoms with Crippen LogP contribution >= 0.6 is 0 Å². The van der Waals surface area contributed by atoms with E-state index in [9.17, 15) is 39.6 Å². The molecule has 188 valence electrons. The van der Waals surface area contributed by atoms with E-state index in [1.807, 2.05) is 6.92 Å². The first-order chi connectivity index (χ1) is 16.1. The first kappa shape index (κ1) is 27.6. The molecule has 9 nitrogen and oxygen atoms in total. The standard InChI is InChI=1S/C25H35NO8/c1-2-3-4-5-19(29)17-6-7-20(30)24-18(17)11-15(12-21(24)31)10-16(8-9-27)25(34,14-28)22(32)13-23(26)33/h6-7,15-16,27-28,30,34H,2-5,8-14H2,1H3,(H2,26,33)/t15?,16?,25-/m1/s1. The minimum absolute atomic E-state index is 0.00147. The number of Topliss-reactive ketones (excluding diaryl/α,β-unsaturated/α-hetero) is 3. The number of hydrogen-bond donors (Lipinski definition) is 5. The van der Waals surface area contributed by atoms with Gasteiger partial charge in [-0.2, -0.15) is 0 Å². The summed E-state index contributed by atoms with van der Waals surface area (Å²) in [7, 11) is 0. The zero-order valence-electron chi connectivity index (χ0n) is 19.6. The molecule has 0 aromatic heterocycles. The fourth-order valence-electron chi connectivity index (χ4n) is 4.85. The van der Waals surface area contributed by atoms with Gasteiger partial charge in [-0.1, -0.05) is 19.8 Å². The van der Waals surface area contributed by atoms with Crippen LogP contribution in [0.1, 0.15) is 84.6 Å². The summed E-state index contributed by atoms with van der Waals surface area (Å²) in [5, 5.41) is 40.6. The van der Waals surface area contributed by atoms with Crippen molar-refractivity contribution in [1.82, 2.24) is 0 Å². The van der Waals surface area contributed by atoms with Crippen molar-refractivity contribution in [2.24, 2.45) is 17.6 Å². The lowest BCUT2D eigenvalue weighted by molar-refractivity contribution is -0.153. The number of aliphatic hydroxyl groups is 3. The number of hydrogen-bond acceptors (Lipinski definition) is 8. The van der Waals surface area contributed by atoms with Gasteiger partial charge in [-0.3, -0.25) is 19.2 Å². The molecule has 34 heavy (non-hydrogen) atoms. The highest BCUT2D eigenvalue weighted by Crippen LogP contribution is 2.39. The van der Waals surface area contributed by atoms with Crippen LogP contribution in [0.4, 0.5) is 0 Å². The van der Waals surface area contributed by atoms with Gasteiger partial charge in [0.25, 0.3) is 0 Å². The molecule has 0 saturated heterocycles. The first-order valence-corrected chi connectivity index (χ1v) is 11.8. The number of carbonyl (C=O) groups is 4. The maximum Gasteiger partial charge on any atom is 0.224 e. The Morgan fingerprint density at radius 3 is 2.47 bits per heavy atom. The molecule has 0 bridgehead atoms. The van der Waals surface area contributed by atoms with Crippen molar-refractivity contribution in [3.8, 4) is 5.75 Å². The summed E-state index contributed by atoms with van der Waals surface area (Å²) >= 11 is 0. The van der Waals surface area contributed by atoms with Crippen molar-refractivity contribution < 1.29 is 39.6 Å². The third kappa shape index (κ3) is 6.28. The van der Waals surface area contributed by atoms with Crippen molar-refractivity contribution >= 4 is 23.3 Å². The van der Waals surface area contributed by atoms with Gasteiger partial charge in [0.2, 0.25) is 5.91 Å². The van der Waals surface area contributed by atoms with Crippen molar-refractivity contribution in [2.45, 2.75) is 70.3 Å². The second kappa shape index (κ2) is 12.2. The van der Waals surface area contributed by atoms with Crippen molar-refractivity contribution in [2.75, 3.05) is 13.2 Å². The molecular weight excluding hydrogens is 442 g/mol. The zero-order chi connectivity index (χ0) is 25.5. The van der Waals surface area contributed by atoms with Crippen LogP contribution < -0.4 is 5.73 Å². The Hall–Kier alpha value is -2.62. The molecule has 6 N–H and O–H groups in total. The molecule has 0 spiro atoms. The lowest BCUT2D eigenvalue weighted by Gasteiger charge is -2.36. The van der Waals surface area contributed by atoms with E-state index in [1.54, 1.807) is 0 Å². The van der Waals surface area contributed by atoms with E-state index in [4.69, 9.17) is 5.73 Å². The molecule has 9 heteroatoms. The Balaban J connectivity index is 2.35. The third-order valence-corrected chi connectivity index (χ3v) is 6.67. The highest BCUT2D eigenvalue weighted by atomic mass is 16.3. The van der Waals surface area contributed by atoms with Crippen LogP contribution in [0.15, 0.2) is 12.1 Å². The number of primary amides is 1. The fourth-order valence-corrected chi connectivity index (χ4v) is 4.85. The predicted molar refractivity (Wildman–Crippen MR) is 123 cm³/mol. The van der Waals surface area contributed by atoms with Gasteiger partial charge in [-0.15, -0.1) is 0 Å². The molecule has 1 amide bonds. The van der Waals surface area contributed by atoms with E-state index in [-0.39, 0.29) is 48.6 Å². The maximum atomic E-state index is 12.9. The molecule has 0 saturated carbocycles. The number of amides is 1. The van der Waals surface area contributed by atoms with E-state index < -0.39 is 48.8 Å². The molecule has 0 aliphatic heterocycles. The number of fused-ring (bicyclic) bond motifs is 1. The van der Waals surface area contributed by atoms with Gasteiger partial charge in [0.1, 0.15) is 11.4 Å². The summed E-state index contributed by atoms with van der Waals surface area (Å²) < 4.78 is 0. The van der Waals surface area contributed by atoms with E-state index >= 15 is 0 Å². The molecule has 1 aromatic rings. The summed E-state index contributed by atoms with van der Waals surface area (Å²) in [5.74, 6) is -3.94. The quantitative estimate of drug-likeness (QED) is 0.152. The fraction of sp³-hybridized carbons (Fsp3) is 0.600. The molecule has 0 radical (unpaired) electrons. The highest BCUT2D eigenvalue weighted by Gasteiger charge is 2.45. The Labute approximate surface area is 199 Å². The van der Waals surface area contributed by atoms with Gasteiger partial charge < -0.3 is 26.2 Å². The summed E-state index contributed by atoms with van der Waals surface area (Å²) in [6.45, 7) is 0.666. The Morgan fingerprint density at radius 2 is 1.88 bits per heavy atom. The molecule has 1 aromatic carbocycles. The molecular formula is C25H35NO8. The molecule has 2 rings (SSSR count). The number of unbranched alkanes of at least 4 members (excludes halogenated alkanes) is 2. The predicted octanol–water partition coefficient (Wildman–Crippen LogP) is 1.46. The summed E-state index contributed by atoms with van der Waals surface area (Å²) in [6, 6.07) is 2.87. The Kier molecular flexibility index (Phi) is 9.90. The van der Waals surface area contributed by atoms with Crippen molar-refractivity contribution in [3.05, 3.63) is 28.8 Å². The number of benzene rings is 1. The molecule has 1 aliphatic carbocycles. The molecule has 0 heterocycles. The van der Waals surface area contributed by atoms with Crippen LogP contribution in [0.5, 0.6) is 5.75 Å². The highest BCUT2D eigenvalue weighted by molar-refractivity contribution is 6.06. The van der Waals surface area contributed by atoms with Gasteiger partial charge in [0, 0.05) is 25.0 Å².